The van der Waals surface area contributed by atoms with E-state index in [0.717, 1.165) is 22.6 Å². The fourth-order valence-electron chi connectivity index (χ4n) is 4.88. The minimum atomic E-state index is -0.145. The van der Waals surface area contributed by atoms with Gasteiger partial charge in [-0.25, -0.2) is 0 Å². The summed E-state index contributed by atoms with van der Waals surface area (Å²) in [5.41, 5.74) is 2.11. The van der Waals surface area contributed by atoms with Gasteiger partial charge in [-0.2, -0.15) is 0 Å². The van der Waals surface area contributed by atoms with Gasteiger partial charge in [0.1, 0.15) is 23.1 Å². The molecule has 0 radical (unpaired) electrons. The summed E-state index contributed by atoms with van der Waals surface area (Å²) in [4.78, 5) is 50.3. The molecular formula is C30H38N2O6. The molecule has 2 heterocycles. The molecule has 0 aliphatic carbocycles. The molecule has 8 nitrogen and oxygen atoms in total. The van der Waals surface area contributed by atoms with E-state index in [-0.39, 0.29) is 47.3 Å². The first-order chi connectivity index (χ1) is 18.0. The van der Waals surface area contributed by atoms with E-state index in [0.29, 0.717) is 25.9 Å². The zero-order valence-electron chi connectivity index (χ0n) is 23.1. The predicted molar refractivity (Wildman–Crippen MR) is 144 cm³/mol. The number of ether oxygens (including phenoxy) is 2. The maximum absolute atomic E-state index is 12.0. The topological polar surface area (TPSA) is 93.2 Å². The van der Waals surface area contributed by atoms with Crippen molar-refractivity contribution in [3.8, 4) is 11.5 Å². The number of carbonyl (C=O) groups excluding carboxylic acids is 4. The second-order valence-electron chi connectivity index (χ2n) is 10.0. The highest BCUT2D eigenvalue weighted by Gasteiger charge is 2.36. The number of benzene rings is 2. The van der Waals surface area contributed by atoms with Crippen LogP contribution in [-0.2, 0) is 19.2 Å². The average Bonchev–Trinajstić information content (AvgIpc) is 3.51. The molecule has 0 unspecified atom stereocenters. The van der Waals surface area contributed by atoms with E-state index in [1.54, 1.807) is 37.9 Å². The molecule has 0 bridgehead atoms. The van der Waals surface area contributed by atoms with Crippen molar-refractivity contribution >= 4 is 23.4 Å². The van der Waals surface area contributed by atoms with Crippen molar-refractivity contribution in [1.82, 2.24) is 9.80 Å². The molecule has 4 rings (SSSR count). The first kappa shape index (κ1) is 28.9. The summed E-state index contributed by atoms with van der Waals surface area (Å²) in [6.07, 6.45) is 0.686. The Hall–Kier alpha value is -3.68. The quantitative estimate of drug-likeness (QED) is 0.511. The lowest BCUT2D eigenvalue weighted by atomic mass is 10.0. The number of carbonyl (C=O) groups is 4. The van der Waals surface area contributed by atoms with Gasteiger partial charge in [-0.1, -0.05) is 24.3 Å². The number of likely N-dealkylation sites (tertiary alicyclic amines) is 2. The molecule has 2 aliphatic heterocycles. The molecule has 2 aromatic rings. The minimum absolute atomic E-state index is 0.0113. The first-order valence-electron chi connectivity index (χ1n) is 12.9. The summed E-state index contributed by atoms with van der Waals surface area (Å²) in [6, 6.07) is 15.3. The summed E-state index contributed by atoms with van der Waals surface area (Å²) in [5.74, 6) is 1.61. The highest BCUT2D eigenvalue weighted by Crippen LogP contribution is 2.31. The predicted octanol–water partition coefficient (Wildman–Crippen LogP) is 4.39. The number of nitrogens with zero attached hydrogens (tertiary/aromatic N) is 2. The molecule has 2 aliphatic rings. The van der Waals surface area contributed by atoms with E-state index in [9.17, 15) is 19.2 Å². The zero-order chi connectivity index (χ0) is 28.0. The number of Topliss-reactive ketones (excluding diaryl/α,β-unsaturated/α-hetero) is 2. The molecule has 0 spiro atoms. The van der Waals surface area contributed by atoms with Crippen molar-refractivity contribution in [2.75, 3.05) is 27.3 Å². The van der Waals surface area contributed by atoms with Gasteiger partial charge in [-0.05, 0) is 63.1 Å². The SMILES string of the molecule is COc1ccc([C@H](C)N2C[C@@H](C(C)=O)CC2=O)cc1.COc1ccc([C@H](C)N2C[C@H](C(C)=O)CC2=O)cc1. The van der Waals surface area contributed by atoms with Gasteiger partial charge in [0.15, 0.2) is 0 Å². The Kier molecular flexibility index (Phi) is 9.66. The first-order valence-corrected chi connectivity index (χ1v) is 12.9. The van der Waals surface area contributed by atoms with Crippen LogP contribution in [0.1, 0.15) is 63.7 Å². The maximum atomic E-state index is 12.0. The van der Waals surface area contributed by atoms with Crippen molar-refractivity contribution in [2.24, 2.45) is 11.8 Å². The minimum Gasteiger partial charge on any atom is -0.497 e. The van der Waals surface area contributed by atoms with Crippen molar-refractivity contribution in [1.29, 1.82) is 0 Å². The van der Waals surface area contributed by atoms with Crippen LogP contribution in [0.3, 0.4) is 0 Å². The normalized spacial score (nSPS) is 20.5. The van der Waals surface area contributed by atoms with Crippen molar-refractivity contribution in [3.05, 3.63) is 59.7 Å². The molecule has 2 amide bonds. The molecule has 0 saturated carbocycles. The lowest BCUT2D eigenvalue weighted by molar-refractivity contribution is -0.130. The molecule has 0 N–H and O–H groups in total. The third-order valence-electron chi connectivity index (χ3n) is 7.60. The molecule has 2 fully saturated rings. The van der Waals surface area contributed by atoms with Crippen LogP contribution in [0.15, 0.2) is 48.5 Å². The molecule has 204 valence electrons. The Balaban J connectivity index is 0.000000211. The number of rotatable bonds is 8. The maximum Gasteiger partial charge on any atom is 0.223 e. The fraction of sp³-hybridized carbons (Fsp3) is 0.467. The molecule has 2 saturated heterocycles. The van der Waals surface area contributed by atoms with Crippen molar-refractivity contribution in [3.63, 3.8) is 0 Å². The Morgan fingerprint density at radius 2 is 1.00 bits per heavy atom. The van der Waals surface area contributed by atoms with Crippen molar-refractivity contribution < 1.29 is 28.7 Å². The van der Waals surface area contributed by atoms with Gasteiger partial charge in [-0.15, -0.1) is 0 Å². The second kappa shape index (κ2) is 12.7. The summed E-state index contributed by atoms with van der Waals surface area (Å²) in [5, 5.41) is 0. The van der Waals surface area contributed by atoms with Crippen LogP contribution >= 0.6 is 0 Å². The van der Waals surface area contributed by atoms with Crippen molar-refractivity contribution in [2.45, 2.75) is 52.6 Å². The van der Waals surface area contributed by atoms with E-state index < -0.39 is 0 Å². The molecule has 0 aromatic heterocycles. The van der Waals surface area contributed by atoms with Gasteiger partial charge in [-0.3, -0.25) is 19.2 Å². The molecular weight excluding hydrogens is 484 g/mol. The molecule has 38 heavy (non-hydrogen) atoms. The molecule has 2 aromatic carbocycles. The summed E-state index contributed by atoms with van der Waals surface area (Å²) < 4.78 is 10.2. The number of amides is 2. The zero-order valence-corrected chi connectivity index (χ0v) is 23.1. The van der Waals surface area contributed by atoms with E-state index in [1.165, 1.54) is 0 Å². The van der Waals surface area contributed by atoms with E-state index in [4.69, 9.17) is 9.47 Å². The van der Waals surface area contributed by atoms with Gasteiger partial charge < -0.3 is 19.3 Å². The Bertz CT molecular complexity index is 1050. The van der Waals surface area contributed by atoms with Crippen LogP contribution in [0, 0.1) is 11.8 Å². The van der Waals surface area contributed by atoms with E-state index in [1.807, 2.05) is 62.4 Å². The van der Waals surface area contributed by atoms with Crippen LogP contribution < -0.4 is 9.47 Å². The van der Waals surface area contributed by atoms with E-state index in [2.05, 4.69) is 0 Å². The van der Waals surface area contributed by atoms with Crippen LogP contribution in [0.4, 0.5) is 0 Å². The summed E-state index contributed by atoms with van der Waals surface area (Å²) >= 11 is 0. The van der Waals surface area contributed by atoms with Crippen LogP contribution in [0.25, 0.3) is 0 Å². The van der Waals surface area contributed by atoms with Gasteiger partial charge in [0.05, 0.1) is 26.3 Å². The number of methoxy groups -OCH3 is 2. The third kappa shape index (κ3) is 6.79. The fourth-order valence-corrected chi connectivity index (χ4v) is 4.88. The summed E-state index contributed by atoms with van der Waals surface area (Å²) in [7, 11) is 3.25. The number of ketones is 2. The highest BCUT2D eigenvalue weighted by atomic mass is 16.5. The lowest BCUT2D eigenvalue weighted by Gasteiger charge is -2.25. The average molecular weight is 523 g/mol. The van der Waals surface area contributed by atoms with Crippen LogP contribution in [0.2, 0.25) is 0 Å². The Labute approximate surface area is 224 Å². The monoisotopic (exact) mass is 522 g/mol. The Morgan fingerprint density at radius 3 is 1.24 bits per heavy atom. The Morgan fingerprint density at radius 1 is 0.684 bits per heavy atom. The van der Waals surface area contributed by atoms with Gasteiger partial charge in [0, 0.05) is 37.8 Å². The molecule has 4 atom stereocenters. The second-order valence-corrected chi connectivity index (χ2v) is 10.0. The third-order valence-corrected chi connectivity index (χ3v) is 7.60. The highest BCUT2D eigenvalue weighted by molar-refractivity contribution is 5.90. The standard InChI is InChI=1S/2C15H19NO3/c2*1-10(12-4-6-14(19-3)7-5-12)16-9-13(11(2)17)8-15(16)18/h2*4-7,10,13H,8-9H2,1-3H3/t10-,13+;10-,13-/m00/s1. The van der Waals surface area contributed by atoms with E-state index >= 15 is 0 Å². The number of hydrogen-bond acceptors (Lipinski definition) is 6. The van der Waals surface area contributed by atoms with Crippen LogP contribution in [0.5, 0.6) is 11.5 Å². The molecule has 8 heteroatoms. The number of hydrogen-bond donors (Lipinski definition) is 0. The van der Waals surface area contributed by atoms with Gasteiger partial charge in [0.25, 0.3) is 0 Å². The smallest absolute Gasteiger partial charge is 0.223 e. The summed E-state index contributed by atoms with van der Waals surface area (Å²) in [6.45, 7) is 8.15. The van der Waals surface area contributed by atoms with Gasteiger partial charge >= 0.3 is 0 Å². The largest absolute Gasteiger partial charge is 0.497 e. The van der Waals surface area contributed by atoms with Gasteiger partial charge in [0.2, 0.25) is 11.8 Å². The lowest BCUT2D eigenvalue weighted by Crippen LogP contribution is -2.29. The van der Waals surface area contributed by atoms with Crippen LogP contribution in [-0.4, -0.2) is 60.5 Å².